The number of benzene rings is 1. The van der Waals surface area contributed by atoms with Crippen LogP contribution in [0.5, 0.6) is 0 Å². The first-order chi connectivity index (χ1) is 11.7. The van der Waals surface area contributed by atoms with Crippen LogP contribution >= 0.6 is 0 Å². The third-order valence-corrected chi connectivity index (χ3v) is 4.42. The standard InChI is InChI=1S/C18H26F2N2O3S/c1-11(21-16(23)25-17(2,3)4)15(22-26(24)18(5,6)7)12-8-13(19)10-14(20)9-12/h8-11H,1-7H3,(H,21,23)/b22-15-/t11-,26?/m0/s1. The lowest BCUT2D eigenvalue weighted by molar-refractivity contribution is 0.0521. The Morgan fingerprint density at radius 2 is 1.65 bits per heavy atom. The number of halogens is 2. The lowest BCUT2D eigenvalue weighted by Gasteiger charge is -2.24. The maximum Gasteiger partial charge on any atom is 0.408 e. The fourth-order valence-electron chi connectivity index (χ4n) is 1.86. The molecule has 1 rings (SSSR count). The summed E-state index contributed by atoms with van der Waals surface area (Å²) in [5.74, 6) is -1.59. The number of nitrogens with one attached hydrogen (secondary N) is 1. The molecule has 8 heteroatoms. The molecule has 0 heterocycles. The van der Waals surface area contributed by atoms with Gasteiger partial charge in [-0.3, -0.25) is 0 Å². The summed E-state index contributed by atoms with van der Waals surface area (Å²) in [6.07, 6.45) is -0.712. The lowest BCUT2D eigenvalue weighted by atomic mass is 10.0. The van der Waals surface area contributed by atoms with Crippen LogP contribution in [-0.4, -0.2) is 32.7 Å². The predicted octanol–water partition coefficient (Wildman–Crippen LogP) is 4.13. The van der Waals surface area contributed by atoms with E-state index in [0.29, 0.717) is 0 Å². The van der Waals surface area contributed by atoms with E-state index in [1.807, 2.05) is 0 Å². The van der Waals surface area contributed by atoms with E-state index in [1.54, 1.807) is 48.5 Å². The van der Waals surface area contributed by atoms with E-state index in [2.05, 4.69) is 9.71 Å². The summed E-state index contributed by atoms with van der Waals surface area (Å²) in [7, 11) is 0. The highest BCUT2D eigenvalue weighted by atomic mass is 32.2. The van der Waals surface area contributed by atoms with Crippen LogP contribution in [0.3, 0.4) is 0 Å². The molecule has 0 aromatic heterocycles. The summed E-state index contributed by atoms with van der Waals surface area (Å²) >= 11 is -1.68. The van der Waals surface area contributed by atoms with Gasteiger partial charge in [-0.15, -0.1) is 0 Å². The first kappa shape index (κ1) is 22.4. The third-order valence-electron chi connectivity index (χ3n) is 3.01. The van der Waals surface area contributed by atoms with E-state index in [9.17, 15) is 18.1 Å². The summed E-state index contributed by atoms with van der Waals surface area (Å²) in [6.45, 7) is 11.9. The van der Waals surface area contributed by atoms with E-state index >= 15 is 0 Å². The van der Waals surface area contributed by atoms with Crippen LogP contribution in [0.4, 0.5) is 13.6 Å². The molecule has 5 nitrogen and oxygen atoms in total. The highest BCUT2D eigenvalue weighted by Crippen LogP contribution is 2.20. The quantitative estimate of drug-likeness (QED) is 0.623. The molecule has 146 valence electrons. The Morgan fingerprint density at radius 1 is 1.15 bits per heavy atom. The van der Waals surface area contributed by atoms with Gasteiger partial charge in [-0.1, -0.05) is 4.40 Å². The van der Waals surface area contributed by atoms with Crippen LogP contribution < -0.4 is 5.32 Å². The molecule has 1 N–H and O–H groups in total. The van der Waals surface area contributed by atoms with Crippen molar-refractivity contribution in [3.63, 3.8) is 0 Å². The van der Waals surface area contributed by atoms with Gasteiger partial charge in [0, 0.05) is 11.6 Å². The number of alkyl carbamates (subject to hydrolysis) is 1. The zero-order chi connectivity index (χ0) is 20.3. The smallest absolute Gasteiger partial charge is 0.408 e. The molecule has 0 spiro atoms. The second-order valence-electron chi connectivity index (χ2n) is 7.86. The van der Waals surface area contributed by atoms with Gasteiger partial charge >= 0.3 is 6.09 Å². The summed E-state index contributed by atoms with van der Waals surface area (Å²) in [4.78, 5) is 12.0. The molecule has 1 amide bonds. The van der Waals surface area contributed by atoms with Crippen molar-refractivity contribution in [2.75, 3.05) is 0 Å². The van der Waals surface area contributed by atoms with Crippen LogP contribution in [-0.2, 0) is 16.1 Å². The van der Waals surface area contributed by atoms with Crippen molar-refractivity contribution in [3.05, 3.63) is 35.4 Å². The van der Waals surface area contributed by atoms with Crippen LogP contribution in [0.2, 0.25) is 0 Å². The van der Waals surface area contributed by atoms with Gasteiger partial charge in [0.1, 0.15) is 39.1 Å². The Bertz CT molecular complexity index is 662. The number of hydrogen-bond donors (Lipinski definition) is 1. The number of rotatable bonds is 4. The number of carbonyl (C=O) groups is 1. The van der Waals surface area contributed by atoms with Crippen LogP contribution in [0, 0.1) is 11.6 Å². The molecule has 1 unspecified atom stereocenters. The summed E-state index contributed by atoms with van der Waals surface area (Å²) in [5.41, 5.74) is -0.508. The Labute approximate surface area is 156 Å². The van der Waals surface area contributed by atoms with Gasteiger partial charge in [0.05, 0.1) is 6.04 Å². The molecule has 0 saturated carbocycles. The summed E-state index contributed by atoms with van der Waals surface area (Å²) < 4.78 is 48.3. The van der Waals surface area contributed by atoms with Crippen molar-refractivity contribution in [1.82, 2.24) is 5.32 Å². The van der Waals surface area contributed by atoms with Crippen molar-refractivity contribution in [2.45, 2.75) is 64.9 Å². The second-order valence-corrected chi connectivity index (χ2v) is 9.77. The second kappa shape index (κ2) is 8.35. The van der Waals surface area contributed by atoms with Crippen LogP contribution in [0.25, 0.3) is 0 Å². The fourth-order valence-corrected chi connectivity index (χ4v) is 2.58. The molecular weight excluding hydrogens is 362 g/mol. The van der Waals surface area contributed by atoms with Gasteiger partial charge < -0.3 is 14.6 Å². The van der Waals surface area contributed by atoms with Crippen LogP contribution in [0.15, 0.2) is 22.6 Å². The van der Waals surface area contributed by atoms with E-state index in [-0.39, 0.29) is 11.3 Å². The number of nitrogens with zero attached hydrogens (tertiary/aromatic N) is 1. The van der Waals surface area contributed by atoms with Crippen LogP contribution in [0.1, 0.15) is 54.0 Å². The number of amides is 1. The van der Waals surface area contributed by atoms with Gasteiger partial charge in [-0.25, -0.2) is 13.6 Å². The number of carbonyl (C=O) groups excluding carboxylic acids is 1. The predicted molar refractivity (Wildman–Crippen MR) is 99.6 cm³/mol. The monoisotopic (exact) mass is 388 g/mol. The molecule has 1 aromatic carbocycles. The molecule has 0 aliphatic carbocycles. The first-order valence-electron chi connectivity index (χ1n) is 8.15. The number of ether oxygens (including phenoxy) is 1. The highest BCUT2D eigenvalue weighted by Gasteiger charge is 2.30. The van der Waals surface area contributed by atoms with Gasteiger partial charge in [0.25, 0.3) is 0 Å². The Kier molecular flexibility index (Phi) is 7.18. The molecule has 0 fully saturated rings. The molecule has 1 aromatic rings. The summed E-state index contributed by atoms with van der Waals surface area (Å²) in [6, 6.07) is 2.11. The maximum atomic E-state index is 13.6. The van der Waals surface area contributed by atoms with Crippen molar-refractivity contribution < 1.29 is 22.9 Å². The van der Waals surface area contributed by atoms with Crippen molar-refractivity contribution >= 4 is 23.2 Å². The average molecular weight is 388 g/mol. The zero-order valence-electron chi connectivity index (χ0n) is 16.1. The average Bonchev–Trinajstić information content (AvgIpc) is 2.39. The highest BCUT2D eigenvalue weighted by molar-refractivity contribution is 7.91. The molecule has 0 saturated heterocycles. The minimum absolute atomic E-state index is 0.0996. The molecule has 0 bridgehead atoms. The SMILES string of the molecule is C[C@H](NC(=O)OC(C)(C)C)/C(=N/[S+]([O-])C(C)(C)C)c1cc(F)cc(F)c1. The van der Waals surface area contributed by atoms with Gasteiger partial charge in [0.15, 0.2) is 0 Å². The fraction of sp³-hybridized carbons (Fsp3) is 0.556. The molecule has 0 aliphatic heterocycles. The minimum atomic E-state index is -1.68. The Hall–Kier alpha value is -1.67. The molecule has 2 atom stereocenters. The van der Waals surface area contributed by atoms with Gasteiger partial charge in [0.2, 0.25) is 0 Å². The first-order valence-corrected chi connectivity index (χ1v) is 9.26. The summed E-state index contributed by atoms with van der Waals surface area (Å²) in [5, 5.41) is 2.56. The van der Waals surface area contributed by atoms with Crippen molar-refractivity contribution in [2.24, 2.45) is 4.40 Å². The van der Waals surface area contributed by atoms with Gasteiger partial charge in [-0.05, 0) is 60.6 Å². The number of hydrogen-bond acceptors (Lipinski definition) is 4. The van der Waals surface area contributed by atoms with E-state index in [0.717, 1.165) is 18.2 Å². The lowest BCUT2D eigenvalue weighted by Crippen LogP contribution is -2.43. The van der Waals surface area contributed by atoms with E-state index in [1.165, 1.54) is 0 Å². The van der Waals surface area contributed by atoms with Crippen molar-refractivity contribution in [3.8, 4) is 0 Å². The van der Waals surface area contributed by atoms with Crippen molar-refractivity contribution in [1.29, 1.82) is 0 Å². The zero-order valence-corrected chi connectivity index (χ0v) is 17.0. The normalized spacial score (nSPS) is 15.4. The maximum absolute atomic E-state index is 13.6. The Balaban J connectivity index is 3.23. The Morgan fingerprint density at radius 3 is 2.08 bits per heavy atom. The topological polar surface area (TPSA) is 73.8 Å². The van der Waals surface area contributed by atoms with E-state index < -0.39 is 45.5 Å². The third kappa shape index (κ3) is 7.29. The van der Waals surface area contributed by atoms with E-state index in [4.69, 9.17) is 4.74 Å². The molecule has 0 radical (unpaired) electrons. The largest absolute Gasteiger partial charge is 0.591 e. The van der Waals surface area contributed by atoms with Gasteiger partial charge in [-0.2, -0.15) is 0 Å². The minimum Gasteiger partial charge on any atom is -0.591 e. The molecule has 0 aliphatic rings. The molecular formula is C18H26F2N2O3S. The molecule has 26 heavy (non-hydrogen) atoms.